The highest BCUT2D eigenvalue weighted by Gasteiger charge is 2.20. The van der Waals surface area contributed by atoms with Crippen LogP contribution < -0.4 is 10.6 Å². The monoisotopic (exact) mass is 700 g/mol. The van der Waals surface area contributed by atoms with Crippen molar-refractivity contribution >= 4 is 23.6 Å². The van der Waals surface area contributed by atoms with Gasteiger partial charge in [0.1, 0.15) is 11.8 Å². The number of rotatable bonds is 37. The molecular weight excluding hydrogens is 632 g/mol. The zero-order valence-electron chi connectivity index (χ0n) is 30.6. The first kappa shape index (κ1) is 46.5. The Bertz CT molecular complexity index is 868. The quantitative estimate of drug-likeness (QED) is 0.0432. The minimum absolute atomic E-state index is 0.0196. The summed E-state index contributed by atoms with van der Waals surface area (Å²) in [6, 6.07) is -1.08. The molecule has 49 heavy (non-hydrogen) atoms. The molecule has 0 aromatic carbocycles. The molecule has 12 heteroatoms. The average Bonchev–Trinajstić information content (AvgIpc) is 3.07. The van der Waals surface area contributed by atoms with Gasteiger partial charge in [-0.05, 0) is 39.2 Å². The van der Waals surface area contributed by atoms with Crippen molar-refractivity contribution in [1.82, 2.24) is 10.6 Å². The van der Waals surface area contributed by atoms with Gasteiger partial charge in [-0.3, -0.25) is 9.59 Å². The molecule has 2 amide bonds. The number of carbonyl (C=O) groups excluding carboxylic acids is 3. The third kappa shape index (κ3) is 35.1. The summed E-state index contributed by atoms with van der Waals surface area (Å²) in [7, 11) is 0. The van der Waals surface area contributed by atoms with E-state index >= 15 is 0 Å². The van der Waals surface area contributed by atoms with Gasteiger partial charge in [-0.25, -0.2) is 4.79 Å². The van der Waals surface area contributed by atoms with Gasteiger partial charge in [-0.1, -0.05) is 77.0 Å². The van der Waals surface area contributed by atoms with E-state index in [1.165, 1.54) is 77.6 Å². The van der Waals surface area contributed by atoms with Crippen molar-refractivity contribution in [3.8, 4) is 0 Å². The van der Waals surface area contributed by atoms with Crippen LogP contribution in [0.5, 0.6) is 0 Å². The van der Waals surface area contributed by atoms with Gasteiger partial charge in [0.05, 0.1) is 58.6 Å². The number of carbonyl (C=O) groups is 4. The molecule has 1 atom stereocenters. The lowest BCUT2D eigenvalue weighted by Crippen LogP contribution is -2.41. The second kappa shape index (κ2) is 35.3. The number of unbranched alkanes of at least 4 members (excludes halogenated alkanes) is 13. The lowest BCUT2D eigenvalue weighted by atomic mass is 10.0. The molecule has 0 heterocycles. The Labute approximate surface area is 295 Å². The van der Waals surface area contributed by atoms with Crippen LogP contribution in [-0.2, 0) is 38.1 Å². The van der Waals surface area contributed by atoms with E-state index in [0.29, 0.717) is 65.0 Å². The summed E-state index contributed by atoms with van der Waals surface area (Å²) in [6.07, 6.45) is 20.7. The lowest BCUT2D eigenvalue weighted by molar-refractivity contribution is -0.142. The van der Waals surface area contributed by atoms with Crippen LogP contribution >= 0.6 is 0 Å². The molecule has 0 aromatic rings. The van der Waals surface area contributed by atoms with Crippen LogP contribution in [0, 0.1) is 0 Å². The van der Waals surface area contributed by atoms with E-state index < -0.39 is 17.9 Å². The van der Waals surface area contributed by atoms with Crippen LogP contribution in [0.25, 0.3) is 0 Å². The Morgan fingerprint density at radius 2 is 0.980 bits per heavy atom. The summed E-state index contributed by atoms with van der Waals surface area (Å²) in [5, 5.41) is 23.9. The van der Waals surface area contributed by atoms with Crippen molar-refractivity contribution in [2.45, 2.75) is 142 Å². The Morgan fingerprint density at radius 1 is 0.551 bits per heavy atom. The number of amides is 2. The van der Waals surface area contributed by atoms with Crippen molar-refractivity contribution < 1.29 is 48.3 Å². The topological polar surface area (TPSA) is 170 Å². The van der Waals surface area contributed by atoms with Crippen molar-refractivity contribution in [3.05, 3.63) is 11.8 Å². The first-order valence-electron chi connectivity index (χ1n) is 18.7. The van der Waals surface area contributed by atoms with E-state index in [1.807, 2.05) is 6.92 Å². The fraction of sp³-hybridized carbons (Fsp3) is 0.838. The molecule has 0 fully saturated rings. The fourth-order valence-electron chi connectivity index (χ4n) is 5.01. The zero-order chi connectivity index (χ0) is 36.2. The van der Waals surface area contributed by atoms with Crippen LogP contribution in [0.3, 0.4) is 0 Å². The SMILES string of the molecule is CC=C(O)CCCCCCCCCCCCCCCCC(=O)NCCOCCOCCOCCOCCC(=O)N[C@@H](CCC(C)=O)C(=O)O. The Kier molecular flexibility index (Phi) is 33.5. The third-order valence-corrected chi connectivity index (χ3v) is 8.00. The smallest absolute Gasteiger partial charge is 0.326 e. The van der Waals surface area contributed by atoms with E-state index in [9.17, 15) is 24.3 Å². The minimum atomic E-state index is -1.17. The molecule has 0 saturated carbocycles. The van der Waals surface area contributed by atoms with Crippen LogP contribution in [0.4, 0.5) is 0 Å². The minimum Gasteiger partial charge on any atom is -0.513 e. The molecule has 0 rings (SSSR count). The Hall–Kier alpha value is -2.54. The van der Waals surface area contributed by atoms with Gasteiger partial charge in [0, 0.05) is 32.2 Å². The zero-order valence-corrected chi connectivity index (χ0v) is 30.6. The molecule has 0 unspecified atom stereocenters. The van der Waals surface area contributed by atoms with E-state index in [0.717, 1.165) is 25.7 Å². The number of aliphatic carboxylic acids is 1. The summed E-state index contributed by atoms with van der Waals surface area (Å²) < 4.78 is 21.7. The van der Waals surface area contributed by atoms with Gasteiger partial charge in [0.15, 0.2) is 0 Å². The van der Waals surface area contributed by atoms with Gasteiger partial charge >= 0.3 is 5.97 Å². The molecule has 0 aliphatic carbocycles. The Balaban J connectivity index is 3.34. The number of allylic oxidation sites excluding steroid dienone is 2. The molecule has 0 saturated heterocycles. The standard InChI is InChI=1S/C37H68N2O10/c1-3-33(41)18-16-14-12-10-8-6-4-5-7-9-11-13-15-17-19-35(42)38-23-25-47-27-29-49-31-30-48-28-26-46-24-22-36(43)39-34(37(44)45)21-20-32(2)40/h3,34,41H,4-31H2,1-2H3,(H,38,42)(H,39,43)(H,44,45)/t34-/m0/s1. The summed E-state index contributed by atoms with van der Waals surface area (Å²) in [5.74, 6) is -1.14. The number of carboxylic acid groups (broad SMARTS) is 1. The van der Waals surface area contributed by atoms with Gasteiger partial charge in [0.25, 0.3) is 0 Å². The fourth-order valence-corrected chi connectivity index (χ4v) is 5.01. The summed E-state index contributed by atoms with van der Waals surface area (Å²) in [6.45, 7) is 6.62. The van der Waals surface area contributed by atoms with Gasteiger partial charge in [-0.15, -0.1) is 0 Å². The van der Waals surface area contributed by atoms with Gasteiger partial charge < -0.3 is 44.6 Å². The number of aliphatic hydroxyl groups excluding tert-OH is 1. The molecular formula is C37H68N2O10. The summed E-state index contributed by atoms with van der Waals surface area (Å²) in [5.41, 5.74) is 0. The first-order chi connectivity index (χ1) is 23.8. The number of ketones is 1. The van der Waals surface area contributed by atoms with Crippen molar-refractivity contribution in [2.24, 2.45) is 0 Å². The number of carboxylic acids is 1. The van der Waals surface area contributed by atoms with Crippen LogP contribution in [0.2, 0.25) is 0 Å². The van der Waals surface area contributed by atoms with E-state index in [2.05, 4.69) is 10.6 Å². The molecule has 0 aliphatic rings. The molecule has 0 aliphatic heterocycles. The van der Waals surface area contributed by atoms with Crippen LogP contribution in [-0.4, -0.2) is 99.2 Å². The maximum atomic E-state index is 12.0. The number of nitrogens with one attached hydrogen (secondary N) is 2. The van der Waals surface area contributed by atoms with Crippen molar-refractivity contribution in [3.63, 3.8) is 0 Å². The molecule has 0 bridgehead atoms. The number of hydrogen-bond donors (Lipinski definition) is 4. The first-order valence-corrected chi connectivity index (χ1v) is 18.7. The molecule has 0 spiro atoms. The van der Waals surface area contributed by atoms with Crippen LogP contribution in [0.15, 0.2) is 11.8 Å². The highest BCUT2D eigenvalue weighted by molar-refractivity contribution is 5.84. The summed E-state index contributed by atoms with van der Waals surface area (Å²) in [4.78, 5) is 46.1. The predicted octanol–water partition coefficient (Wildman–Crippen LogP) is 6.20. The average molecular weight is 701 g/mol. The number of ether oxygens (including phenoxy) is 4. The summed E-state index contributed by atoms with van der Waals surface area (Å²) >= 11 is 0. The maximum absolute atomic E-state index is 12.0. The van der Waals surface area contributed by atoms with Crippen LogP contribution in [0.1, 0.15) is 136 Å². The molecule has 12 nitrogen and oxygen atoms in total. The van der Waals surface area contributed by atoms with Crippen molar-refractivity contribution in [2.75, 3.05) is 59.4 Å². The van der Waals surface area contributed by atoms with E-state index in [-0.39, 0.29) is 37.6 Å². The molecule has 0 aromatic heterocycles. The van der Waals surface area contributed by atoms with E-state index in [4.69, 9.17) is 24.1 Å². The Morgan fingerprint density at radius 3 is 1.43 bits per heavy atom. The highest BCUT2D eigenvalue weighted by atomic mass is 16.6. The maximum Gasteiger partial charge on any atom is 0.326 e. The second-order valence-corrected chi connectivity index (χ2v) is 12.5. The number of aliphatic hydroxyl groups is 1. The second-order valence-electron chi connectivity index (χ2n) is 12.5. The van der Waals surface area contributed by atoms with Gasteiger partial charge in [-0.2, -0.15) is 0 Å². The largest absolute Gasteiger partial charge is 0.513 e. The molecule has 4 N–H and O–H groups in total. The number of hydrogen-bond acceptors (Lipinski definition) is 9. The predicted molar refractivity (Wildman–Crippen MR) is 191 cm³/mol. The third-order valence-electron chi connectivity index (χ3n) is 8.00. The molecule has 0 radical (unpaired) electrons. The normalized spacial score (nSPS) is 12.2. The lowest BCUT2D eigenvalue weighted by Gasteiger charge is -2.13. The highest BCUT2D eigenvalue weighted by Crippen LogP contribution is 2.14. The van der Waals surface area contributed by atoms with E-state index in [1.54, 1.807) is 6.08 Å². The van der Waals surface area contributed by atoms with Gasteiger partial charge in [0.2, 0.25) is 11.8 Å². The number of Topliss-reactive ketones (excluding diaryl/α,β-unsaturated/α-hetero) is 1. The molecule has 286 valence electrons. The van der Waals surface area contributed by atoms with Crippen molar-refractivity contribution in [1.29, 1.82) is 0 Å².